The van der Waals surface area contributed by atoms with Gasteiger partial charge in [0.2, 0.25) is 5.91 Å². The van der Waals surface area contributed by atoms with Crippen molar-refractivity contribution in [2.24, 2.45) is 0 Å². The predicted molar refractivity (Wildman–Crippen MR) is 113 cm³/mol. The van der Waals surface area contributed by atoms with Crippen molar-refractivity contribution in [3.05, 3.63) is 35.7 Å². The Hall–Kier alpha value is -3.14. The van der Waals surface area contributed by atoms with Crippen LogP contribution in [0.4, 0.5) is 27.6 Å². The van der Waals surface area contributed by atoms with Crippen LogP contribution in [0.5, 0.6) is 0 Å². The first-order valence-electron chi connectivity index (χ1n) is 10.6. The number of carbonyl (C=O) groups is 1. The number of rotatable bonds is 6. The molecule has 1 aliphatic heterocycles. The van der Waals surface area contributed by atoms with Crippen LogP contribution in [0.1, 0.15) is 37.3 Å². The fourth-order valence-corrected chi connectivity index (χ4v) is 4.99. The van der Waals surface area contributed by atoms with Crippen LogP contribution < -0.4 is 4.90 Å². The van der Waals surface area contributed by atoms with Crippen LogP contribution in [0, 0.1) is 11.3 Å². The summed E-state index contributed by atoms with van der Waals surface area (Å²) in [5.41, 5.74) is -0.254. The summed E-state index contributed by atoms with van der Waals surface area (Å²) in [5, 5.41) is 9.46. The lowest BCUT2D eigenvalue weighted by Gasteiger charge is -2.32. The number of aromatic nitrogens is 2. The number of alkyl halides is 5. The Balaban J connectivity index is 1.78. The molecule has 0 unspecified atom stereocenters. The van der Waals surface area contributed by atoms with Gasteiger partial charge in [0.05, 0.1) is 46.3 Å². The van der Waals surface area contributed by atoms with Gasteiger partial charge in [-0.3, -0.25) is 14.8 Å². The zero-order valence-electron chi connectivity index (χ0n) is 18.4. The van der Waals surface area contributed by atoms with E-state index in [0.29, 0.717) is 23.3 Å². The van der Waals surface area contributed by atoms with Crippen LogP contribution in [0.25, 0.3) is 11.4 Å². The van der Waals surface area contributed by atoms with Gasteiger partial charge in [-0.1, -0.05) is 6.92 Å². The fraction of sp³-hybridized carbons (Fsp3) is 0.455. The first-order chi connectivity index (χ1) is 16.2. The molecule has 0 atom stereocenters. The van der Waals surface area contributed by atoms with E-state index in [4.69, 9.17) is 0 Å². The number of pyridine rings is 2. The van der Waals surface area contributed by atoms with E-state index in [9.17, 15) is 40.4 Å². The highest BCUT2D eigenvalue weighted by atomic mass is 32.2. The second-order valence-corrected chi connectivity index (χ2v) is 10.8. The van der Waals surface area contributed by atoms with Crippen LogP contribution in [-0.2, 0) is 26.5 Å². The average molecular weight is 514 g/mol. The van der Waals surface area contributed by atoms with Crippen molar-refractivity contribution < 1.29 is 35.2 Å². The summed E-state index contributed by atoms with van der Waals surface area (Å²) < 4.78 is 91.2. The van der Waals surface area contributed by atoms with E-state index in [1.165, 1.54) is 25.3 Å². The summed E-state index contributed by atoms with van der Waals surface area (Å²) in [4.78, 5) is 20.7. The van der Waals surface area contributed by atoms with Gasteiger partial charge in [-0.05, 0) is 42.5 Å². The van der Waals surface area contributed by atoms with Gasteiger partial charge in [0, 0.05) is 12.6 Å². The Morgan fingerprint density at radius 3 is 2.37 bits per heavy atom. The number of anilines is 1. The second-order valence-electron chi connectivity index (χ2n) is 8.55. The number of hydrogen-bond acceptors (Lipinski definition) is 6. The second kappa shape index (κ2) is 8.22. The van der Waals surface area contributed by atoms with Crippen LogP contribution in [0.2, 0.25) is 0 Å². The number of nitrogens with zero attached hydrogens (tertiary/aromatic N) is 4. The molecule has 2 aromatic heterocycles. The summed E-state index contributed by atoms with van der Waals surface area (Å²) in [6.45, 7) is -0.449. The van der Waals surface area contributed by atoms with Crippen molar-refractivity contribution in [1.29, 1.82) is 5.26 Å². The van der Waals surface area contributed by atoms with E-state index in [0.717, 1.165) is 6.20 Å². The minimum Gasteiger partial charge on any atom is -0.304 e. The highest BCUT2D eigenvalue weighted by Crippen LogP contribution is 2.48. The Labute approximate surface area is 197 Å². The Morgan fingerprint density at radius 2 is 1.80 bits per heavy atom. The van der Waals surface area contributed by atoms with Gasteiger partial charge in [0.1, 0.15) is 5.69 Å². The van der Waals surface area contributed by atoms with Gasteiger partial charge in [-0.2, -0.15) is 27.2 Å². The molecule has 0 saturated heterocycles. The van der Waals surface area contributed by atoms with Crippen LogP contribution in [0.15, 0.2) is 29.4 Å². The van der Waals surface area contributed by atoms with Crippen LogP contribution in [-0.4, -0.2) is 48.7 Å². The molecule has 1 saturated carbocycles. The number of fused-ring (bicyclic) bond motifs is 1. The summed E-state index contributed by atoms with van der Waals surface area (Å²) in [6.07, 6.45) is -2.59. The largest absolute Gasteiger partial charge is 0.455 e. The molecule has 2 aliphatic rings. The maximum absolute atomic E-state index is 13.7. The predicted octanol–water partition coefficient (Wildman–Crippen LogP) is 3.97. The van der Waals surface area contributed by atoms with Crippen LogP contribution >= 0.6 is 0 Å². The van der Waals surface area contributed by atoms with Crippen molar-refractivity contribution >= 4 is 21.4 Å². The smallest absolute Gasteiger partial charge is 0.304 e. The molecule has 1 aliphatic carbocycles. The average Bonchev–Trinajstić information content (AvgIpc) is 3.61. The van der Waals surface area contributed by atoms with Gasteiger partial charge in [-0.25, -0.2) is 8.42 Å². The number of carbonyl (C=O) groups excluding carboxylic acids is 1. The van der Waals surface area contributed by atoms with Crippen molar-refractivity contribution in [2.75, 3.05) is 17.2 Å². The molecule has 186 valence electrons. The lowest BCUT2D eigenvalue weighted by atomic mass is 9.98. The van der Waals surface area contributed by atoms with Gasteiger partial charge < -0.3 is 4.90 Å². The van der Waals surface area contributed by atoms with E-state index in [2.05, 4.69) is 16.0 Å². The number of halogens is 5. The third kappa shape index (κ3) is 4.35. The SMILES string of the molecule is CCS(=O)(=O)c1cc(C2(C#N)CC2)cnc1-c1cc2c(cn1)N(CC(F)(F)C(F)(F)F)C(=O)CC2. The van der Waals surface area contributed by atoms with E-state index in [-0.39, 0.29) is 46.1 Å². The maximum Gasteiger partial charge on any atom is 0.455 e. The van der Waals surface area contributed by atoms with E-state index in [1.54, 1.807) is 0 Å². The van der Waals surface area contributed by atoms with Gasteiger partial charge >= 0.3 is 12.1 Å². The molecule has 13 heteroatoms. The molecule has 1 amide bonds. The molecule has 0 aromatic carbocycles. The Kier molecular flexibility index (Phi) is 5.86. The number of sulfone groups is 1. The molecule has 7 nitrogen and oxygen atoms in total. The molecule has 0 spiro atoms. The highest BCUT2D eigenvalue weighted by molar-refractivity contribution is 7.91. The Morgan fingerprint density at radius 1 is 1.11 bits per heavy atom. The topological polar surface area (TPSA) is 104 Å². The maximum atomic E-state index is 13.7. The van der Waals surface area contributed by atoms with E-state index < -0.39 is 39.8 Å². The number of hydrogen-bond donors (Lipinski definition) is 0. The van der Waals surface area contributed by atoms with Crippen molar-refractivity contribution in [3.63, 3.8) is 0 Å². The summed E-state index contributed by atoms with van der Waals surface area (Å²) in [7, 11) is -3.82. The zero-order valence-corrected chi connectivity index (χ0v) is 19.2. The molecule has 0 N–H and O–H groups in total. The lowest BCUT2D eigenvalue weighted by Crippen LogP contribution is -2.50. The molecule has 1 fully saturated rings. The first kappa shape index (κ1) is 25.0. The van der Waals surface area contributed by atoms with Gasteiger partial charge in [0.15, 0.2) is 9.84 Å². The van der Waals surface area contributed by atoms with E-state index >= 15 is 0 Å². The van der Waals surface area contributed by atoms with Crippen molar-refractivity contribution in [1.82, 2.24) is 9.97 Å². The quantitative estimate of drug-likeness (QED) is 0.541. The third-order valence-electron chi connectivity index (χ3n) is 6.26. The normalized spacial score (nSPS) is 17.6. The molecule has 0 radical (unpaired) electrons. The van der Waals surface area contributed by atoms with Gasteiger partial charge in [0.25, 0.3) is 0 Å². The molecule has 2 aromatic rings. The Bertz CT molecular complexity index is 1350. The van der Waals surface area contributed by atoms with Crippen LogP contribution in [0.3, 0.4) is 0 Å². The van der Waals surface area contributed by atoms with E-state index in [1.807, 2.05) is 0 Å². The zero-order chi connectivity index (χ0) is 25.8. The molecule has 3 heterocycles. The summed E-state index contributed by atoms with van der Waals surface area (Å²) >= 11 is 0. The fourth-order valence-electron chi connectivity index (χ4n) is 3.92. The number of nitriles is 1. The minimum absolute atomic E-state index is 0.0313. The monoisotopic (exact) mass is 514 g/mol. The first-order valence-corrected chi connectivity index (χ1v) is 12.3. The number of aryl methyl sites for hydroxylation is 1. The highest BCUT2D eigenvalue weighted by Gasteiger charge is 2.59. The minimum atomic E-state index is -5.84. The number of amides is 1. The molecule has 0 bridgehead atoms. The molecule has 35 heavy (non-hydrogen) atoms. The van der Waals surface area contributed by atoms with Crippen molar-refractivity contribution in [2.45, 2.75) is 55.0 Å². The molecular weight excluding hydrogens is 495 g/mol. The molecular formula is C22H19F5N4O3S. The van der Waals surface area contributed by atoms with Crippen molar-refractivity contribution in [3.8, 4) is 17.5 Å². The summed E-state index contributed by atoms with van der Waals surface area (Å²) in [5.74, 6) is -6.29. The summed E-state index contributed by atoms with van der Waals surface area (Å²) in [6, 6.07) is 4.90. The van der Waals surface area contributed by atoms with Gasteiger partial charge in [-0.15, -0.1) is 0 Å². The molecule has 4 rings (SSSR count). The standard InChI is InChI=1S/C22H19F5N4O3S/c1-2-35(33,34)17-8-14(20(11-28)5-6-20)9-30-19(17)15-7-13-3-4-18(32)31(16(13)10-29-15)12-21(23,24)22(25,26)27/h7-10H,2-6,12H2,1H3. The lowest BCUT2D eigenvalue weighted by molar-refractivity contribution is -0.276. The third-order valence-corrected chi connectivity index (χ3v) is 8.01.